The molecule has 3 heterocycles. The number of fused-ring (bicyclic) bond motifs is 1. The highest BCUT2D eigenvalue weighted by atomic mass is 32.2. The molecular weight excluding hydrogens is 504 g/mol. The highest BCUT2D eigenvalue weighted by Gasteiger charge is 2.20. The zero-order valence-corrected chi connectivity index (χ0v) is 22.5. The van der Waals surface area contributed by atoms with Crippen molar-refractivity contribution in [1.29, 1.82) is 0 Å². The Balaban J connectivity index is 1.40. The summed E-state index contributed by atoms with van der Waals surface area (Å²) in [6.07, 6.45) is 2.57. The van der Waals surface area contributed by atoms with Crippen LogP contribution in [0.3, 0.4) is 0 Å². The second-order valence-electron chi connectivity index (χ2n) is 9.55. The number of methoxy groups -OCH3 is 1. The summed E-state index contributed by atoms with van der Waals surface area (Å²) >= 11 is 0. The highest BCUT2D eigenvalue weighted by Crippen LogP contribution is 2.33. The maximum Gasteiger partial charge on any atom is 0.245 e. The van der Waals surface area contributed by atoms with Gasteiger partial charge in [0.1, 0.15) is 5.75 Å². The summed E-state index contributed by atoms with van der Waals surface area (Å²) < 4.78 is 32.1. The number of piperazine rings is 1. The summed E-state index contributed by atoms with van der Waals surface area (Å²) in [6.45, 7) is 6.02. The minimum Gasteiger partial charge on any atom is -0.494 e. The summed E-state index contributed by atoms with van der Waals surface area (Å²) in [5.41, 5.74) is 3.75. The van der Waals surface area contributed by atoms with Gasteiger partial charge in [0.15, 0.2) is 9.84 Å². The molecule has 1 aliphatic rings. The Morgan fingerprint density at radius 3 is 2.55 bits per heavy atom. The van der Waals surface area contributed by atoms with Gasteiger partial charge < -0.3 is 20.1 Å². The van der Waals surface area contributed by atoms with E-state index in [1.807, 2.05) is 43.3 Å². The lowest BCUT2D eigenvalue weighted by Gasteiger charge is -2.36. The first-order valence-corrected chi connectivity index (χ1v) is 14.4. The van der Waals surface area contributed by atoms with Gasteiger partial charge in [-0.05, 0) is 37.3 Å². The monoisotopic (exact) mass is 536 g/mol. The molecule has 0 spiro atoms. The zero-order chi connectivity index (χ0) is 26.9. The molecule has 2 aromatic heterocycles. The van der Waals surface area contributed by atoms with Gasteiger partial charge in [0.2, 0.25) is 5.95 Å². The van der Waals surface area contributed by atoms with Crippen molar-refractivity contribution in [3.8, 4) is 17.0 Å². The fraction of sp³-hybridized carbons (Fsp3) is 0.333. The van der Waals surface area contributed by atoms with Gasteiger partial charge in [-0.1, -0.05) is 18.2 Å². The summed E-state index contributed by atoms with van der Waals surface area (Å²) in [5, 5.41) is 17.6. The van der Waals surface area contributed by atoms with Crippen LogP contribution in [0.15, 0.2) is 65.7 Å². The number of aromatic nitrogens is 3. The Morgan fingerprint density at radius 2 is 1.84 bits per heavy atom. The number of nitrogens with one attached hydrogen (secondary N) is 1. The lowest BCUT2D eigenvalue weighted by molar-refractivity contribution is 0.122. The van der Waals surface area contributed by atoms with Crippen molar-refractivity contribution in [2.45, 2.75) is 17.9 Å². The van der Waals surface area contributed by atoms with Crippen molar-refractivity contribution in [1.82, 2.24) is 19.5 Å². The number of aliphatic hydroxyl groups excluding tert-OH is 1. The van der Waals surface area contributed by atoms with Crippen molar-refractivity contribution < 1.29 is 18.3 Å². The zero-order valence-electron chi connectivity index (χ0n) is 21.7. The molecule has 4 aromatic rings. The molecule has 0 unspecified atom stereocenters. The third-order valence-electron chi connectivity index (χ3n) is 6.65. The minimum absolute atomic E-state index is 0.247. The van der Waals surface area contributed by atoms with Crippen LogP contribution in [-0.4, -0.2) is 85.2 Å². The standard InChI is InChI=1S/C27H32N6O4S/c1-19(34)18-31-12-14-32(15-13-31)20-8-10-23(25(16-20)37-2)29-27-28-17-21-9-11-24(33(21)30-27)22-6-4-5-7-26(22)38(3,35)36/h4-11,16-17,19,34H,12-15,18H2,1-3H3,(H,29,30)/t19-/m0/s1. The number of anilines is 3. The summed E-state index contributed by atoms with van der Waals surface area (Å²) in [6, 6.07) is 16.6. The van der Waals surface area contributed by atoms with E-state index in [9.17, 15) is 13.5 Å². The molecule has 1 saturated heterocycles. The molecule has 0 radical (unpaired) electrons. The Hall–Kier alpha value is -3.67. The number of sulfone groups is 1. The van der Waals surface area contributed by atoms with Crippen LogP contribution in [0.2, 0.25) is 0 Å². The molecule has 2 aromatic carbocycles. The fourth-order valence-electron chi connectivity index (χ4n) is 4.83. The number of hydrogen-bond donors (Lipinski definition) is 2. The molecule has 1 fully saturated rings. The van der Waals surface area contributed by atoms with Gasteiger partial charge in [0.05, 0.1) is 41.2 Å². The van der Waals surface area contributed by atoms with Crippen LogP contribution in [0.5, 0.6) is 5.75 Å². The average Bonchev–Trinajstić information content (AvgIpc) is 3.32. The number of benzene rings is 2. The second kappa shape index (κ2) is 10.6. The minimum atomic E-state index is -3.42. The predicted molar refractivity (Wildman–Crippen MR) is 148 cm³/mol. The van der Waals surface area contributed by atoms with Gasteiger partial charge in [0, 0.05) is 56.3 Å². The molecule has 0 saturated carbocycles. The number of β-amino-alcohol motifs (C(OH)–C–C–N with tert-alkyl or cyclic N) is 1. The molecule has 0 amide bonds. The second-order valence-corrected chi connectivity index (χ2v) is 11.5. The molecule has 5 rings (SSSR count). The van der Waals surface area contributed by atoms with Crippen LogP contribution < -0.4 is 15.0 Å². The van der Waals surface area contributed by atoms with Gasteiger partial charge >= 0.3 is 0 Å². The summed E-state index contributed by atoms with van der Waals surface area (Å²) in [7, 11) is -1.80. The van der Waals surface area contributed by atoms with Crippen molar-refractivity contribution >= 4 is 32.7 Å². The molecule has 2 N–H and O–H groups in total. The topological polar surface area (TPSA) is 112 Å². The molecule has 200 valence electrons. The maximum absolute atomic E-state index is 12.4. The molecular formula is C27H32N6O4S. The van der Waals surface area contributed by atoms with Gasteiger partial charge in [-0.15, -0.1) is 5.10 Å². The SMILES string of the molecule is COc1cc(N2CCN(C[C@H](C)O)CC2)ccc1Nc1ncc2ccc(-c3ccccc3S(C)(=O)=O)n2n1. The van der Waals surface area contributed by atoms with Gasteiger partial charge in [-0.3, -0.25) is 4.90 Å². The van der Waals surface area contributed by atoms with E-state index in [-0.39, 0.29) is 11.0 Å². The molecule has 0 bridgehead atoms. The Labute approximate surface area is 222 Å². The first kappa shape index (κ1) is 26.0. The lowest BCUT2D eigenvalue weighted by atomic mass is 10.1. The van der Waals surface area contributed by atoms with E-state index in [2.05, 4.69) is 25.2 Å². The van der Waals surface area contributed by atoms with Crippen molar-refractivity contribution in [3.63, 3.8) is 0 Å². The van der Waals surface area contributed by atoms with Gasteiger partial charge in [0.25, 0.3) is 0 Å². The van der Waals surface area contributed by atoms with Crippen LogP contribution in [0, 0.1) is 0 Å². The first-order chi connectivity index (χ1) is 18.2. The number of aliphatic hydroxyl groups is 1. The third-order valence-corrected chi connectivity index (χ3v) is 7.81. The normalized spacial score (nSPS) is 15.5. The van der Waals surface area contributed by atoms with E-state index >= 15 is 0 Å². The Kier molecular flexibility index (Phi) is 7.24. The van der Waals surface area contributed by atoms with Crippen molar-refractivity contribution in [3.05, 3.63) is 60.8 Å². The van der Waals surface area contributed by atoms with E-state index in [0.29, 0.717) is 35.2 Å². The molecule has 0 aliphatic carbocycles. The Bertz CT molecular complexity index is 1540. The molecule has 1 aliphatic heterocycles. The average molecular weight is 537 g/mol. The van der Waals surface area contributed by atoms with Crippen LogP contribution in [0.1, 0.15) is 6.92 Å². The van der Waals surface area contributed by atoms with Crippen LogP contribution in [0.4, 0.5) is 17.3 Å². The lowest BCUT2D eigenvalue weighted by Crippen LogP contribution is -2.48. The predicted octanol–water partition coefficient (Wildman–Crippen LogP) is 3.05. The summed E-state index contributed by atoms with van der Waals surface area (Å²) in [4.78, 5) is 9.27. The fourth-order valence-corrected chi connectivity index (χ4v) is 5.72. The van der Waals surface area contributed by atoms with Gasteiger partial charge in [-0.2, -0.15) is 0 Å². The summed E-state index contributed by atoms with van der Waals surface area (Å²) in [5.74, 6) is 1.01. The van der Waals surface area contributed by atoms with E-state index in [1.165, 1.54) is 6.26 Å². The third kappa shape index (κ3) is 5.45. The van der Waals surface area contributed by atoms with E-state index in [1.54, 1.807) is 36.0 Å². The van der Waals surface area contributed by atoms with E-state index in [0.717, 1.165) is 37.4 Å². The number of rotatable bonds is 8. The molecule has 1 atom stereocenters. The molecule has 38 heavy (non-hydrogen) atoms. The first-order valence-electron chi connectivity index (χ1n) is 12.5. The number of nitrogens with zero attached hydrogens (tertiary/aromatic N) is 5. The van der Waals surface area contributed by atoms with E-state index < -0.39 is 9.84 Å². The van der Waals surface area contributed by atoms with Crippen LogP contribution >= 0.6 is 0 Å². The van der Waals surface area contributed by atoms with Crippen LogP contribution in [0.25, 0.3) is 16.8 Å². The maximum atomic E-state index is 12.4. The van der Waals surface area contributed by atoms with Gasteiger partial charge in [-0.25, -0.2) is 17.9 Å². The molecule has 10 nitrogen and oxygen atoms in total. The largest absolute Gasteiger partial charge is 0.494 e. The number of hydrogen-bond acceptors (Lipinski definition) is 9. The van der Waals surface area contributed by atoms with Crippen LogP contribution in [-0.2, 0) is 9.84 Å². The van der Waals surface area contributed by atoms with E-state index in [4.69, 9.17) is 4.74 Å². The highest BCUT2D eigenvalue weighted by molar-refractivity contribution is 7.90. The number of ether oxygens (including phenoxy) is 1. The Morgan fingerprint density at radius 1 is 1.08 bits per heavy atom. The smallest absolute Gasteiger partial charge is 0.245 e. The molecule has 11 heteroatoms. The van der Waals surface area contributed by atoms with Crippen molar-refractivity contribution in [2.24, 2.45) is 0 Å². The quantitative estimate of drug-likeness (QED) is 0.351. The van der Waals surface area contributed by atoms with Crippen molar-refractivity contribution in [2.75, 3.05) is 56.3 Å².